The molecule has 4 nitrogen and oxygen atoms in total. The summed E-state index contributed by atoms with van der Waals surface area (Å²) in [6, 6.07) is 4.97. The molecule has 1 aliphatic carbocycles. The molecule has 1 saturated carbocycles. The SMILES string of the molecule is COC(=O)c1ccc(OC2CCC2)c(N)c1. The summed E-state index contributed by atoms with van der Waals surface area (Å²) < 4.78 is 10.3. The van der Waals surface area contributed by atoms with Crippen molar-refractivity contribution in [3.63, 3.8) is 0 Å². The maximum Gasteiger partial charge on any atom is 0.337 e. The van der Waals surface area contributed by atoms with Crippen LogP contribution >= 0.6 is 0 Å². The lowest BCUT2D eigenvalue weighted by atomic mass is 9.96. The predicted octanol–water partition coefficient (Wildman–Crippen LogP) is 1.99. The molecule has 1 fully saturated rings. The van der Waals surface area contributed by atoms with E-state index in [9.17, 15) is 4.79 Å². The molecule has 2 rings (SSSR count). The molecular formula is C12H15NO3. The van der Waals surface area contributed by atoms with Gasteiger partial charge in [0.15, 0.2) is 0 Å². The summed E-state index contributed by atoms with van der Waals surface area (Å²) in [6.45, 7) is 0. The van der Waals surface area contributed by atoms with Crippen LogP contribution in [0.15, 0.2) is 18.2 Å². The van der Waals surface area contributed by atoms with Crippen LogP contribution in [0.1, 0.15) is 29.6 Å². The van der Waals surface area contributed by atoms with E-state index in [-0.39, 0.29) is 12.1 Å². The highest BCUT2D eigenvalue weighted by Gasteiger charge is 2.20. The molecule has 0 amide bonds. The van der Waals surface area contributed by atoms with Gasteiger partial charge in [0.25, 0.3) is 0 Å². The number of nitrogens with two attached hydrogens (primary N) is 1. The Labute approximate surface area is 94.3 Å². The molecule has 16 heavy (non-hydrogen) atoms. The Balaban J connectivity index is 2.12. The minimum Gasteiger partial charge on any atom is -0.488 e. The fourth-order valence-electron chi connectivity index (χ4n) is 1.57. The molecule has 0 spiro atoms. The quantitative estimate of drug-likeness (QED) is 0.626. The van der Waals surface area contributed by atoms with E-state index in [1.807, 2.05) is 0 Å². The van der Waals surface area contributed by atoms with Gasteiger partial charge in [-0.3, -0.25) is 0 Å². The number of carbonyl (C=O) groups is 1. The monoisotopic (exact) mass is 221 g/mol. The summed E-state index contributed by atoms with van der Waals surface area (Å²) in [4.78, 5) is 11.2. The van der Waals surface area contributed by atoms with Gasteiger partial charge in [-0.15, -0.1) is 0 Å². The first-order valence-electron chi connectivity index (χ1n) is 5.35. The zero-order valence-electron chi connectivity index (χ0n) is 9.23. The molecule has 0 bridgehead atoms. The normalized spacial score (nSPS) is 15.3. The Kier molecular flexibility index (Phi) is 2.99. The molecule has 0 aliphatic heterocycles. The van der Waals surface area contributed by atoms with Crippen LogP contribution in [0.2, 0.25) is 0 Å². The Morgan fingerprint density at radius 3 is 2.69 bits per heavy atom. The molecule has 0 atom stereocenters. The predicted molar refractivity (Wildman–Crippen MR) is 60.5 cm³/mol. The number of hydrogen-bond acceptors (Lipinski definition) is 4. The Hall–Kier alpha value is -1.71. The Morgan fingerprint density at radius 1 is 1.44 bits per heavy atom. The summed E-state index contributed by atoms with van der Waals surface area (Å²) in [7, 11) is 1.34. The standard InChI is InChI=1S/C12H15NO3/c1-15-12(14)8-5-6-11(10(13)7-8)16-9-3-2-4-9/h5-7,9H,2-4,13H2,1H3. The summed E-state index contributed by atoms with van der Waals surface area (Å²) in [6.07, 6.45) is 3.66. The lowest BCUT2D eigenvalue weighted by Crippen LogP contribution is -2.25. The van der Waals surface area contributed by atoms with Gasteiger partial charge >= 0.3 is 5.97 Å². The minimum absolute atomic E-state index is 0.284. The average molecular weight is 221 g/mol. The van der Waals surface area contributed by atoms with Gasteiger partial charge in [-0.1, -0.05) is 0 Å². The van der Waals surface area contributed by atoms with Crippen LogP contribution in [0.25, 0.3) is 0 Å². The number of esters is 1. The van der Waals surface area contributed by atoms with Crippen LogP contribution in [0, 0.1) is 0 Å². The van der Waals surface area contributed by atoms with Crippen molar-refractivity contribution in [2.24, 2.45) is 0 Å². The summed E-state index contributed by atoms with van der Waals surface area (Å²) in [5.74, 6) is 0.263. The van der Waals surface area contributed by atoms with Gasteiger partial charge in [-0.2, -0.15) is 0 Å². The zero-order chi connectivity index (χ0) is 11.5. The zero-order valence-corrected chi connectivity index (χ0v) is 9.23. The van der Waals surface area contributed by atoms with E-state index < -0.39 is 0 Å². The molecule has 4 heteroatoms. The molecule has 86 valence electrons. The van der Waals surface area contributed by atoms with Crippen LogP contribution in [0.4, 0.5) is 5.69 Å². The highest BCUT2D eigenvalue weighted by Crippen LogP contribution is 2.29. The van der Waals surface area contributed by atoms with Crippen molar-refractivity contribution in [2.45, 2.75) is 25.4 Å². The Bertz CT molecular complexity index is 399. The van der Waals surface area contributed by atoms with Gasteiger partial charge in [0.05, 0.1) is 24.5 Å². The van der Waals surface area contributed by atoms with E-state index in [1.54, 1.807) is 18.2 Å². The number of methoxy groups -OCH3 is 1. The van der Waals surface area contributed by atoms with Crippen LogP contribution in [0.3, 0.4) is 0 Å². The van der Waals surface area contributed by atoms with E-state index in [4.69, 9.17) is 10.5 Å². The number of rotatable bonds is 3. The molecule has 0 saturated heterocycles. The number of ether oxygens (including phenoxy) is 2. The van der Waals surface area contributed by atoms with Gasteiger partial charge in [0.1, 0.15) is 5.75 Å². The number of benzene rings is 1. The van der Waals surface area contributed by atoms with Crippen LogP contribution in [0.5, 0.6) is 5.75 Å². The van der Waals surface area contributed by atoms with Crippen molar-refractivity contribution in [3.8, 4) is 5.75 Å². The topological polar surface area (TPSA) is 61.5 Å². The number of carbonyl (C=O) groups excluding carboxylic acids is 1. The molecule has 0 radical (unpaired) electrons. The number of anilines is 1. The van der Waals surface area contributed by atoms with Gasteiger partial charge in [0.2, 0.25) is 0 Å². The Morgan fingerprint density at radius 2 is 2.19 bits per heavy atom. The average Bonchev–Trinajstić information content (AvgIpc) is 2.23. The molecule has 2 N–H and O–H groups in total. The molecular weight excluding hydrogens is 206 g/mol. The van der Waals surface area contributed by atoms with E-state index in [1.165, 1.54) is 13.5 Å². The van der Waals surface area contributed by atoms with E-state index in [0.29, 0.717) is 17.0 Å². The fraction of sp³-hybridized carbons (Fsp3) is 0.417. The van der Waals surface area contributed by atoms with E-state index in [2.05, 4.69) is 4.74 Å². The van der Waals surface area contributed by atoms with Gasteiger partial charge in [-0.05, 0) is 37.5 Å². The summed E-state index contributed by atoms with van der Waals surface area (Å²) >= 11 is 0. The third-order valence-corrected chi connectivity index (χ3v) is 2.78. The molecule has 0 aromatic heterocycles. The molecule has 1 aromatic rings. The lowest BCUT2D eigenvalue weighted by molar-refractivity contribution is 0.0600. The van der Waals surface area contributed by atoms with Crippen LogP contribution in [-0.2, 0) is 4.74 Å². The first-order chi connectivity index (χ1) is 7.70. The molecule has 0 heterocycles. The highest BCUT2D eigenvalue weighted by molar-refractivity contribution is 5.90. The van der Waals surface area contributed by atoms with E-state index >= 15 is 0 Å². The smallest absolute Gasteiger partial charge is 0.337 e. The number of hydrogen-bond donors (Lipinski definition) is 1. The van der Waals surface area contributed by atoms with Crippen molar-refractivity contribution in [3.05, 3.63) is 23.8 Å². The largest absolute Gasteiger partial charge is 0.488 e. The number of nitrogen functional groups attached to an aromatic ring is 1. The van der Waals surface area contributed by atoms with Crippen molar-refractivity contribution in [1.82, 2.24) is 0 Å². The summed E-state index contributed by atoms with van der Waals surface area (Å²) in [5.41, 5.74) is 6.73. The van der Waals surface area contributed by atoms with Gasteiger partial charge in [0, 0.05) is 0 Å². The third-order valence-electron chi connectivity index (χ3n) is 2.78. The molecule has 1 aromatic carbocycles. The summed E-state index contributed by atoms with van der Waals surface area (Å²) in [5, 5.41) is 0. The van der Waals surface area contributed by atoms with Gasteiger partial charge in [-0.25, -0.2) is 4.79 Å². The van der Waals surface area contributed by atoms with E-state index in [0.717, 1.165) is 12.8 Å². The second-order valence-corrected chi connectivity index (χ2v) is 3.91. The third kappa shape index (κ3) is 2.10. The molecule has 1 aliphatic rings. The first-order valence-corrected chi connectivity index (χ1v) is 5.35. The van der Waals surface area contributed by atoms with Crippen molar-refractivity contribution < 1.29 is 14.3 Å². The van der Waals surface area contributed by atoms with Crippen LogP contribution < -0.4 is 10.5 Å². The van der Waals surface area contributed by atoms with Crippen molar-refractivity contribution in [2.75, 3.05) is 12.8 Å². The fourth-order valence-corrected chi connectivity index (χ4v) is 1.57. The maximum absolute atomic E-state index is 11.2. The van der Waals surface area contributed by atoms with Crippen molar-refractivity contribution >= 4 is 11.7 Å². The maximum atomic E-state index is 11.2. The van der Waals surface area contributed by atoms with Crippen LogP contribution in [-0.4, -0.2) is 19.2 Å². The van der Waals surface area contributed by atoms with Gasteiger partial charge < -0.3 is 15.2 Å². The minimum atomic E-state index is -0.387. The lowest BCUT2D eigenvalue weighted by Gasteiger charge is -2.27. The molecule has 0 unspecified atom stereocenters. The first kappa shape index (κ1) is 10.8. The second-order valence-electron chi connectivity index (χ2n) is 3.91. The second kappa shape index (κ2) is 4.43. The van der Waals surface area contributed by atoms with Crippen molar-refractivity contribution in [1.29, 1.82) is 0 Å². The highest BCUT2D eigenvalue weighted by atomic mass is 16.5.